The van der Waals surface area contributed by atoms with E-state index in [0.717, 1.165) is 12.8 Å². The Morgan fingerprint density at radius 2 is 2.12 bits per heavy atom. The third-order valence-electron chi connectivity index (χ3n) is 2.51. The van der Waals surface area contributed by atoms with Crippen LogP contribution in [0.4, 0.5) is 0 Å². The van der Waals surface area contributed by atoms with Crippen LogP contribution < -0.4 is 5.32 Å². The predicted molar refractivity (Wildman–Crippen MR) is 58.7 cm³/mol. The second-order valence-electron chi connectivity index (χ2n) is 3.87. The lowest BCUT2D eigenvalue weighted by Crippen LogP contribution is -2.42. The maximum Gasteiger partial charge on any atom is 0.326 e. The van der Waals surface area contributed by atoms with Gasteiger partial charge < -0.3 is 10.4 Å². The Balaban J connectivity index is 2.04. The molecule has 0 saturated heterocycles. The van der Waals surface area contributed by atoms with Gasteiger partial charge >= 0.3 is 5.97 Å². The van der Waals surface area contributed by atoms with Crippen LogP contribution in [-0.2, 0) is 4.79 Å². The van der Waals surface area contributed by atoms with E-state index in [4.69, 9.17) is 16.7 Å². The molecule has 2 rings (SSSR count). The summed E-state index contributed by atoms with van der Waals surface area (Å²) in [6.07, 6.45) is 1.65. The zero-order valence-corrected chi connectivity index (χ0v) is 9.52. The van der Waals surface area contributed by atoms with Gasteiger partial charge in [0.05, 0.1) is 0 Å². The highest BCUT2D eigenvalue weighted by atomic mass is 35.5. The number of carboxylic acids is 1. The molecule has 1 aromatic rings. The number of nitrogens with one attached hydrogen (secondary N) is 1. The molecule has 1 unspecified atom stereocenters. The Kier molecular flexibility index (Phi) is 3.23. The second-order valence-corrected chi connectivity index (χ2v) is 4.26. The molecule has 1 aromatic heterocycles. The third kappa shape index (κ3) is 2.91. The fraction of sp³-hybridized carbons (Fsp3) is 0.400. The van der Waals surface area contributed by atoms with E-state index in [0.29, 0.717) is 0 Å². The summed E-state index contributed by atoms with van der Waals surface area (Å²) in [5.41, 5.74) is 0.0568. The summed E-state index contributed by atoms with van der Waals surface area (Å²) in [5, 5.41) is 18.7. The number of aromatic nitrogens is 2. The largest absolute Gasteiger partial charge is 0.480 e. The lowest BCUT2D eigenvalue weighted by Gasteiger charge is -2.12. The average Bonchev–Trinajstić information content (AvgIpc) is 3.10. The molecule has 0 bridgehead atoms. The van der Waals surface area contributed by atoms with Gasteiger partial charge in [0.15, 0.2) is 10.8 Å². The number of nitrogens with zero attached hydrogens (tertiary/aromatic N) is 2. The van der Waals surface area contributed by atoms with E-state index in [1.807, 2.05) is 0 Å². The Bertz CT molecular complexity index is 445. The molecule has 0 radical (unpaired) electrons. The van der Waals surface area contributed by atoms with E-state index in [1.54, 1.807) is 0 Å². The van der Waals surface area contributed by atoms with Gasteiger partial charge in [0.25, 0.3) is 5.91 Å². The van der Waals surface area contributed by atoms with Crippen molar-refractivity contribution >= 4 is 23.5 Å². The van der Waals surface area contributed by atoms with Crippen LogP contribution in [0.2, 0.25) is 5.15 Å². The van der Waals surface area contributed by atoms with Crippen LogP contribution in [0.15, 0.2) is 12.1 Å². The third-order valence-corrected chi connectivity index (χ3v) is 2.71. The molecule has 2 N–H and O–H groups in total. The minimum absolute atomic E-state index is 0.0247. The molecular formula is C10H10ClN3O3. The van der Waals surface area contributed by atoms with Gasteiger partial charge in [0.2, 0.25) is 0 Å². The number of aliphatic carboxylic acids is 1. The van der Waals surface area contributed by atoms with Crippen molar-refractivity contribution < 1.29 is 14.7 Å². The van der Waals surface area contributed by atoms with E-state index in [9.17, 15) is 9.59 Å². The summed E-state index contributed by atoms with van der Waals surface area (Å²) in [5.74, 6) is -1.55. The van der Waals surface area contributed by atoms with Crippen molar-refractivity contribution in [2.45, 2.75) is 18.9 Å². The van der Waals surface area contributed by atoms with E-state index < -0.39 is 17.9 Å². The van der Waals surface area contributed by atoms with Crippen LogP contribution in [0, 0.1) is 5.92 Å². The van der Waals surface area contributed by atoms with Gasteiger partial charge in [-0.2, -0.15) is 0 Å². The number of carboxylic acid groups (broad SMARTS) is 1. The van der Waals surface area contributed by atoms with Crippen LogP contribution in [0.1, 0.15) is 23.3 Å². The number of hydrogen-bond donors (Lipinski definition) is 2. The molecule has 7 heteroatoms. The number of hydrogen-bond acceptors (Lipinski definition) is 4. The minimum atomic E-state index is -1.03. The topological polar surface area (TPSA) is 92.2 Å². The van der Waals surface area contributed by atoms with Crippen LogP contribution in [0.5, 0.6) is 0 Å². The van der Waals surface area contributed by atoms with Crippen molar-refractivity contribution in [1.29, 1.82) is 0 Å². The number of carbonyl (C=O) groups excluding carboxylic acids is 1. The van der Waals surface area contributed by atoms with Crippen LogP contribution in [0.3, 0.4) is 0 Å². The SMILES string of the molecule is O=C(NC(C(=O)O)C1CC1)c1ccc(Cl)nn1. The summed E-state index contributed by atoms with van der Waals surface area (Å²) in [7, 11) is 0. The van der Waals surface area contributed by atoms with Crippen molar-refractivity contribution in [3.05, 3.63) is 23.0 Å². The fourth-order valence-corrected chi connectivity index (χ4v) is 1.56. The van der Waals surface area contributed by atoms with E-state index in [1.165, 1.54) is 12.1 Å². The van der Waals surface area contributed by atoms with Gasteiger partial charge in [0, 0.05) is 0 Å². The van der Waals surface area contributed by atoms with Crippen molar-refractivity contribution in [2.24, 2.45) is 5.92 Å². The van der Waals surface area contributed by atoms with Gasteiger partial charge in [-0.15, -0.1) is 10.2 Å². The van der Waals surface area contributed by atoms with Crippen LogP contribution in [-0.4, -0.2) is 33.2 Å². The van der Waals surface area contributed by atoms with Crippen LogP contribution >= 0.6 is 11.6 Å². The predicted octanol–water partition coefficient (Wildman–Crippen LogP) is 0.723. The minimum Gasteiger partial charge on any atom is -0.480 e. The molecule has 0 spiro atoms. The molecule has 17 heavy (non-hydrogen) atoms. The fourth-order valence-electron chi connectivity index (χ4n) is 1.46. The number of halogens is 1. The molecule has 0 aliphatic heterocycles. The van der Waals surface area contributed by atoms with Gasteiger partial charge in [-0.1, -0.05) is 11.6 Å². The molecule has 6 nitrogen and oxygen atoms in total. The van der Waals surface area contributed by atoms with Crippen molar-refractivity contribution in [3.8, 4) is 0 Å². The highest BCUT2D eigenvalue weighted by Crippen LogP contribution is 2.32. The Labute approximate surface area is 102 Å². The number of carbonyl (C=O) groups is 2. The summed E-state index contributed by atoms with van der Waals surface area (Å²) in [6.45, 7) is 0. The zero-order valence-electron chi connectivity index (χ0n) is 8.76. The molecule has 90 valence electrons. The maximum absolute atomic E-state index is 11.7. The van der Waals surface area contributed by atoms with Crippen molar-refractivity contribution in [2.75, 3.05) is 0 Å². The monoisotopic (exact) mass is 255 g/mol. The second kappa shape index (κ2) is 4.67. The van der Waals surface area contributed by atoms with Gasteiger partial charge in [0.1, 0.15) is 6.04 Å². The molecule has 1 aliphatic rings. The number of rotatable bonds is 4. The maximum atomic E-state index is 11.7. The highest BCUT2D eigenvalue weighted by Gasteiger charge is 2.37. The molecule has 1 atom stereocenters. The van der Waals surface area contributed by atoms with Gasteiger partial charge in [-0.05, 0) is 30.9 Å². The Morgan fingerprint density at radius 1 is 1.41 bits per heavy atom. The lowest BCUT2D eigenvalue weighted by atomic mass is 10.2. The van der Waals surface area contributed by atoms with Crippen LogP contribution in [0.25, 0.3) is 0 Å². The molecular weight excluding hydrogens is 246 g/mol. The summed E-state index contributed by atoms with van der Waals surface area (Å²) >= 11 is 5.53. The van der Waals surface area contributed by atoms with Crippen molar-refractivity contribution in [1.82, 2.24) is 15.5 Å². The first-order valence-corrected chi connectivity index (χ1v) is 5.48. The van der Waals surface area contributed by atoms with Gasteiger partial charge in [-0.25, -0.2) is 4.79 Å². The molecule has 1 amide bonds. The van der Waals surface area contributed by atoms with E-state index in [-0.39, 0.29) is 16.8 Å². The Hall–Kier alpha value is -1.69. The quantitative estimate of drug-likeness (QED) is 0.827. The molecule has 0 aromatic carbocycles. The molecule has 1 aliphatic carbocycles. The smallest absolute Gasteiger partial charge is 0.326 e. The molecule has 1 fully saturated rings. The first-order chi connectivity index (χ1) is 8.08. The summed E-state index contributed by atoms with van der Waals surface area (Å²) in [6, 6.07) is 1.98. The normalized spacial score (nSPS) is 16.3. The standard InChI is InChI=1S/C10H10ClN3O3/c11-7-4-3-6(13-14-7)9(15)12-8(10(16)17)5-1-2-5/h3-5,8H,1-2H2,(H,12,15)(H,16,17). The first kappa shape index (κ1) is 11.8. The molecule has 1 heterocycles. The number of amides is 1. The van der Waals surface area contributed by atoms with Gasteiger partial charge in [-0.3, -0.25) is 4.79 Å². The Morgan fingerprint density at radius 3 is 2.59 bits per heavy atom. The first-order valence-electron chi connectivity index (χ1n) is 5.11. The van der Waals surface area contributed by atoms with E-state index in [2.05, 4.69) is 15.5 Å². The zero-order chi connectivity index (χ0) is 12.4. The average molecular weight is 256 g/mol. The summed E-state index contributed by atoms with van der Waals surface area (Å²) < 4.78 is 0. The lowest BCUT2D eigenvalue weighted by molar-refractivity contribution is -0.139. The molecule has 1 saturated carbocycles. The highest BCUT2D eigenvalue weighted by molar-refractivity contribution is 6.29. The van der Waals surface area contributed by atoms with E-state index >= 15 is 0 Å². The van der Waals surface area contributed by atoms with Crippen molar-refractivity contribution in [3.63, 3.8) is 0 Å². The summed E-state index contributed by atoms with van der Waals surface area (Å²) in [4.78, 5) is 22.6.